The number of aromatic nitrogens is 1. The Morgan fingerprint density at radius 2 is 1.97 bits per heavy atom. The topological polar surface area (TPSA) is 92.5 Å². The second-order valence-electron chi connectivity index (χ2n) is 8.16. The number of carbonyl (C=O) groups is 3. The van der Waals surface area contributed by atoms with E-state index in [-0.39, 0.29) is 35.9 Å². The van der Waals surface area contributed by atoms with Crippen molar-refractivity contribution in [2.75, 3.05) is 5.75 Å². The fourth-order valence-corrected chi connectivity index (χ4v) is 5.28. The van der Waals surface area contributed by atoms with E-state index in [9.17, 15) is 14.4 Å². The molecule has 2 aromatic rings. The van der Waals surface area contributed by atoms with Crippen LogP contribution in [0.5, 0.6) is 0 Å². The lowest BCUT2D eigenvalue weighted by Crippen LogP contribution is -2.48. The maximum Gasteiger partial charge on any atom is 0.247 e. The number of furan rings is 1. The Labute approximate surface area is 186 Å². The Balaban J connectivity index is 1.65. The number of pyridine rings is 1. The number of amides is 2. The molecule has 0 bridgehead atoms. The second kappa shape index (κ2) is 10.1. The normalized spacial score (nSPS) is 20.4. The molecule has 3 heterocycles. The van der Waals surface area contributed by atoms with E-state index < -0.39 is 12.0 Å². The van der Waals surface area contributed by atoms with Crippen LogP contribution in [-0.4, -0.2) is 38.6 Å². The van der Waals surface area contributed by atoms with Crippen LogP contribution in [0.3, 0.4) is 0 Å². The van der Waals surface area contributed by atoms with Crippen molar-refractivity contribution in [2.45, 2.75) is 57.2 Å². The Kier molecular flexibility index (Phi) is 7.06. The predicted octanol–water partition coefficient (Wildman–Crippen LogP) is 3.47. The minimum absolute atomic E-state index is 0.0171. The van der Waals surface area contributed by atoms with Crippen molar-refractivity contribution in [2.24, 2.45) is 5.92 Å². The van der Waals surface area contributed by atoms with E-state index in [2.05, 4.69) is 10.3 Å². The summed E-state index contributed by atoms with van der Waals surface area (Å²) in [7, 11) is 0. The molecule has 2 aliphatic rings. The van der Waals surface area contributed by atoms with Crippen LogP contribution in [0.25, 0.3) is 0 Å². The van der Waals surface area contributed by atoms with E-state index in [4.69, 9.17) is 4.42 Å². The third-order valence-corrected chi connectivity index (χ3v) is 6.99. The number of thioether (sulfide) groups is 1. The lowest BCUT2D eigenvalue weighted by Gasteiger charge is -2.34. The summed E-state index contributed by atoms with van der Waals surface area (Å²) in [5, 5.41) is 3.19. The van der Waals surface area contributed by atoms with E-state index in [1.165, 1.54) is 18.2 Å². The first kappa shape index (κ1) is 21.6. The van der Waals surface area contributed by atoms with Crippen LogP contribution in [0.1, 0.15) is 55.9 Å². The first-order valence-corrected chi connectivity index (χ1v) is 11.8. The molecule has 2 atom stereocenters. The molecule has 1 saturated carbocycles. The minimum Gasteiger partial charge on any atom is -0.467 e. The van der Waals surface area contributed by atoms with Crippen LogP contribution >= 0.6 is 11.8 Å². The van der Waals surface area contributed by atoms with Gasteiger partial charge in [0.2, 0.25) is 11.8 Å². The summed E-state index contributed by atoms with van der Waals surface area (Å²) < 4.78 is 5.50. The monoisotopic (exact) mass is 441 g/mol. The molecule has 4 rings (SSSR count). The molecular formula is C23H27N3O4S. The molecule has 1 saturated heterocycles. The van der Waals surface area contributed by atoms with E-state index in [0.717, 1.165) is 25.7 Å². The van der Waals surface area contributed by atoms with E-state index in [1.807, 2.05) is 0 Å². The molecular weight excluding hydrogens is 414 g/mol. The van der Waals surface area contributed by atoms with Crippen molar-refractivity contribution in [1.29, 1.82) is 0 Å². The smallest absolute Gasteiger partial charge is 0.247 e. The van der Waals surface area contributed by atoms with Gasteiger partial charge in [0.05, 0.1) is 18.7 Å². The molecule has 0 radical (unpaired) electrons. The fourth-order valence-electron chi connectivity index (χ4n) is 4.32. The molecule has 1 aliphatic carbocycles. The van der Waals surface area contributed by atoms with Crippen LogP contribution in [0.15, 0.2) is 47.3 Å². The summed E-state index contributed by atoms with van der Waals surface area (Å²) in [5.74, 6) is 0.207. The fraction of sp³-hybridized carbons (Fsp3) is 0.478. The van der Waals surface area contributed by atoms with Crippen molar-refractivity contribution < 1.29 is 18.8 Å². The van der Waals surface area contributed by atoms with Crippen molar-refractivity contribution >= 4 is 28.7 Å². The van der Waals surface area contributed by atoms with Crippen molar-refractivity contribution in [3.05, 3.63) is 54.2 Å². The highest BCUT2D eigenvalue weighted by Gasteiger charge is 2.39. The largest absolute Gasteiger partial charge is 0.467 e. The van der Waals surface area contributed by atoms with E-state index >= 15 is 0 Å². The second-order valence-corrected chi connectivity index (χ2v) is 9.23. The lowest BCUT2D eigenvalue weighted by atomic mass is 9.94. The molecule has 7 nitrogen and oxygen atoms in total. The molecule has 0 aromatic carbocycles. The summed E-state index contributed by atoms with van der Waals surface area (Å²) in [5.41, 5.74) is 0.695. The van der Waals surface area contributed by atoms with Gasteiger partial charge in [-0.25, -0.2) is 0 Å². The number of hydrogen-bond donors (Lipinski definition) is 1. The molecule has 8 heteroatoms. The van der Waals surface area contributed by atoms with Crippen molar-refractivity contribution in [3.63, 3.8) is 0 Å². The average molecular weight is 442 g/mol. The highest BCUT2D eigenvalue weighted by atomic mass is 32.2. The zero-order valence-electron chi connectivity index (χ0n) is 17.4. The number of nitrogens with one attached hydrogen (secondary N) is 1. The van der Waals surface area contributed by atoms with E-state index in [1.54, 1.807) is 47.8 Å². The zero-order valence-corrected chi connectivity index (χ0v) is 18.2. The SMILES string of the molecule is O=C1CC(C(=O)N(Cc2ccco2)C(C(=O)NC2CCCCC2)c2ccncc2)CS1. The molecule has 1 N–H and O–H groups in total. The highest BCUT2D eigenvalue weighted by Crippen LogP contribution is 2.32. The van der Waals surface area contributed by atoms with Gasteiger partial charge < -0.3 is 14.6 Å². The van der Waals surface area contributed by atoms with Gasteiger partial charge in [-0.05, 0) is 42.7 Å². The van der Waals surface area contributed by atoms with Crippen LogP contribution < -0.4 is 5.32 Å². The predicted molar refractivity (Wildman–Crippen MR) is 117 cm³/mol. The Bertz CT molecular complexity index is 897. The lowest BCUT2D eigenvalue weighted by molar-refractivity contribution is -0.145. The van der Waals surface area contributed by atoms with Gasteiger partial charge in [0.25, 0.3) is 0 Å². The third kappa shape index (κ3) is 5.36. The van der Waals surface area contributed by atoms with Crippen LogP contribution in [0.4, 0.5) is 0 Å². The van der Waals surface area contributed by atoms with Gasteiger partial charge in [0, 0.05) is 30.6 Å². The summed E-state index contributed by atoms with van der Waals surface area (Å²) >= 11 is 1.18. The Hall–Kier alpha value is -2.61. The van der Waals surface area contributed by atoms with Gasteiger partial charge >= 0.3 is 0 Å². The third-order valence-electron chi connectivity index (χ3n) is 5.93. The molecule has 164 valence electrons. The first-order valence-electron chi connectivity index (χ1n) is 10.8. The summed E-state index contributed by atoms with van der Waals surface area (Å²) in [4.78, 5) is 44.5. The standard InChI is InChI=1S/C23H27N3O4S/c27-20-13-17(15-31-20)23(29)26(14-19-7-4-12-30-19)21(16-8-10-24-11-9-16)22(28)25-18-5-2-1-3-6-18/h4,7-12,17-18,21H,1-3,5-6,13-15H2,(H,25,28). The van der Waals surface area contributed by atoms with Gasteiger partial charge in [-0.1, -0.05) is 31.0 Å². The Morgan fingerprint density at radius 3 is 2.61 bits per heavy atom. The average Bonchev–Trinajstić information content (AvgIpc) is 3.46. The van der Waals surface area contributed by atoms with Crippen molar-refractivity contribution in [1.82, 2.24) is 15.2 Å². The first-order chi connectivity index (χ1) is 15.1. The van der Waals surface area contributed by atoms with Gasteiger partial charge in [0.15, 0.2) is 5.12 Å². The molecule has 1 aliphatic heterocycles. The van der Waals surface area contributed by atoms with Crippen LogP contribution in [-0.2, 0) is 20.9 Å². The van der Waals surface area contributed by atoms with Gasteiger partial charge in [-0.3, -0.25) is 19.4 Å². The highest BCUT2D eigenvalue weighted by molar-refractivity contribution is 8.14. The minimum atomic E-state index is -0.816. The number of carbonyl (C=O) groups excluding carboxylic acids is 3. The van der Waals surface area contributed by atoms with Crippen LogP contribution in [0.2, 0.25) is 0 Å². The molecule has 2 fully saturated rings. The van der Waals surface area contributed by atoms with Crippen molar-refractivity contribution in [3.8, 4) is 0 Å². The zero-order chi connectivity index (χ0) is 21.6. The number of rotatable bonds is 7. The molecule has 2 amide bonds. The van der Waals surface area contributed by atoms with Gasteiger partial charge in [-0.2, -0.15) is 0 Å². The summed E-state index contributed by atoms with van der Waals surface area (Å²) in [6.07, 6.45) is 10.3. The number of nitrogens with zero attached hydrogens (tertiary/aromatic N) is 2. The molecule has 31 heavy (non-hydrogen) atoms. The maximum atomic E-state index is 13.6. The molecule has 0 spiro atoms. The summed E-state index contributed by atoms with van der Waals surface area (Å²) in [6, 6.07) is 6.39. The van der Waals surface area contributed by atoms with Gasteiger partial charge in [0.1, 0.15) is 11.8 Å². The van der Waals surface area contributed by atoms with Crippen LogP contribution in [0, 0.1) is 5.92 Å². The number of hydrogen-bond acceptors (Lipinski definition) is 6. The maximum absolute atomic E-state index is 13.6. The quantitative estimate of drug-likeness (QED) is 0.707. The molecule has 2 aromatic heterocycles. The molecule has 2 unspecified atom stereocenters. The summed E-state index contributed by atoms with van der Waals surface area (Å²) in [6.45, 7) is 0.159. The van der Waals surface area contributed by atoms with E-state index in [0.29, 0.717) is 17.1 Å². The van der Waals surface area contributed by atoms with Gasteiger partial charge in [-0.15, -0.1) is 0 Å². The Morgan fingerprint density at radius 1 is 1.19 bits per heavy atom.